The number of aliphatic hydroxyl groups is 1. The number of carbonyl (C=O) groups is 1. The number of alkyl carbamates (subject to hydrolysis) is 1. The Morgan fingerprint density at radius 3 is 2.19 bits per heavy atom. The third-order valence-corrected chi connectivity index (χ3v) is 6.27. The summed E-state index contributed by atoms with van der Waals surface area (Å²) in [6.07, 6.45) is 8.15. The van der Waals surface area contributed by atoms with Gasteiger partial charge in [0, 0.05) is 18.6 Å². The third-order valence-electron chi connectivity index (χ3n) is 6.27. The summed E-state index contributed by atoms with van der Waals surface area (Å²) in [7, 11) is 0. The lowest BCUT2D eigenvalue weighted by atomic mass is 9.46. The van der Waals surface area contributed by atoms with E-state index >= 15 is 0 Å². The maximum Gasteiger partial charge on any atom is 0.407 e. The van der Waals surface area contributed by atoms with Crippen LogP contribution in [-0.4, -0.2) is 30.0 Å². The van der Waals surface area contributed by atoms with E-state index in [1.54, 1.807) is 0 Å². The molecule has 120 valence electrons. The lowest BCUT2D eigenvalue weighted by Gasteiger charge is -2.61. The number of carbonyl (C=O) groups excluding carboxylic acids is 1. The largest absolute Gasteiger partial charge is 0.443 e. The standard InChI is InChI=1S/C17H29NO3/c1-16(2,21-15(20)18-4-3-5-19)17-9-12-6-13(10-17)8-14(7-12)11-17/h12-14,19H,3-11H2,1-2H3,(H,18,20). The SMILES string of the molecule is CC(C)(OC(=O)NCCCO)C12CC3CC(CC(C3)C1)C2. The fourth-order valence-corrected chi connectivity index (χ4v) is 5.49. The highest BCUT2D eigenvalue weighted by Gasteiger charge is 2.58. The maximum atomic E-state index is 12.0. The summed E-state index contributed by atoms with van der Waals surface area (Å²) in [5.74, 6) is 2.57. The van der Waals surface area contributed by atoms with Crippen molar-refractivity contribution in [1.29, 1.82) is 0 Å². The minimum absolute atomic E-state index is 0.0959. The van der Waals surface area contributed by atoms with Crippen molar-refractivity contribution < 1.29 is 14.6 Å². The number of ether oxygens (including phenoxy) is 1. The van der Waals surface area contributed by atoms with Crippen molar-refractivity contribution >= 4 is 6.09 Å². The molecule has 0 radical (unpaired) electrons. The first-order chi connectivity index (χ1) is 9.94. The molecule has 0 unspecified atom stereocenters. The lowest BCUT2D eigenvalue weighted by molar-refractivity contribution is -0.162. The van der Waals surface area contributed by atoms with Crippen molar-refractivity contribution in [1.82, 2.24) is 5.32 Å². The van der Waals surface area contributed by atoms with Crippen molar-refractivity contribution in [2.45, 2.75) is 64.4 Å². The van der Waals surface area contributed by atoms with E-state index in [1.807, 2.05) is 0 Å². The minimum Gasteiger partial charge on any atom is -0.443 e. The van der Waals surface area contributed by atoms with Crippen LogP contribution < -0.4 is 5.32 Å². The second kappa shape index (κ2) is 5.45. The Kier molecular flexibility index (Phi) is 3.93. The first kappa shape index (κ1) is 15.1. The number of rotatable bonds is 5. The summed E-state index contributed by atoms with van der Waals surface area (Å²) in [6.45, 7) is 4.78. The Balaban J connectivity index is 1.65. The van der Waals surface area contributed by atoms with Crippen LogP contribution in [0, 0.1) is 23.2 Å². The predicted octanol–water partition coefficient (Wildman–Crippen LogP) is 3.09. The molecule has 0 aromatic heterocycles. The van der Waals surface area contributed by atoms with Crippen LogP contribution in [-0.2, 0) is 4.74 Å². The number of hydrogen-bond donors (Lipinski definition) is 2. The second-order valence-corrected chi connectivity index (χ2v) is 8.10. The van der Waals surface area contributed by atoms with Crippen LogP contribution in [0.15, 0.2) is 0 Å². The van der Waals surface area contributed by atoms with E-state index < -0.39 is 5.60 Å². The van der Waals surface area contributed by atoms with Gasteiger partial charge in [0.2, 0.25) is 0 Å². The quantitative estimate of drug-likeness (QED) is 0.766. The van der Waals surface area contributed by atoms with E-state index in [4.69, 9.17) is 9.84 Å². The molecule has 4 aliphatic carbocycles. The first-order valence-corrected chi connectivity index (χ1v) is 8.52. The van der Waals surface area contributed by atoms with Gasteiger partial charge in [0.05, 0.1) is 0 Å². The monoisotopic (exact) mass is 295 g/mol. The minimum atomic E-state index is -0.397. The number of hydrogen-bond acceptors (Lipinski definition) is 3. The van der Waals surface area contributed by atoms with Gasteiger partial charge < -0.3 is 15.2 Å². The number of aliphatic hydroxyl groups excluding tert-OH is 1. The van der Waals surface area contributed by atoms with Crippen LogP contribution >= 0.6 is 0 Å². The van der Waals surface area contributed by atoms with E-state index in [1.165, 1.54) is 38.5 Å². The Morgan fingerprint density at radius 2 is 1.71 bits per heavy atom. The van der Waals surface area contributed by atoms with E-state index in [0.29, 0.717) is 13.0 Å². The fourth-order valence-electron chi connectivity index (χ4n) is 5.49. The fraction of sp³-hybridized carbons (Fsp3) is 0.941. The van der Waals surface area contributed by atoms with Crippen molar-refractivity contribution in [3.8, 4) is 0 Å². The summed E-state index contributed by atoms with van der Waals surface area (Å²) >= 11 is 0. The van der Waals surface area contributed by atoms with Gasteiger partial charge in [-0.1, -0.05) is 0 Å². The lowest BCUT2D eigenvalue weighted by Crippen LogP contribution is -2.58. The molecular weight excluding hydrogens is 266 g/mol. The summed E-state index contributed by atoms with van der Waals surface area (Å²) in [6, 6.07) is 0. The van der Waals surface area contributed by atoms with Crippen LogP contribution in [0.3, 0.4) is 0 Å². The zero-order valence-electron chi connectivity index (χ0n) is 13.4. The molecule has 0 aromatic rings. The number of amides is 1. The predicted molar refractivity (Wildman–Crippen MR) is 80.9 cm³/mol. The van der Waals surface area contributed by atoms with Gasteiger partial charge in [-0.15, -0.1) is 0 Å². The van der Waals surface area contributed by atoms with Gasteiger partial charge in [-0.3, -0.25) is 0 Å². The van der Waals surface area contributed by atoms with Crippen molar-refractivity contribution in [2.24, 2.45) is 23.2 Å². The van der Waals surface area contributed by atoms with Crippen molar-refractivity contribution in [2.75, 3.05) is 13.2 Å². The van der Waals surface area contributed by atoms with E-state index in [-0.39, 0.29) is 18.1 Å². The first-order valence-electron chi connectivity index (χ1n) is 8.52. The molecule has 21 heavy (non-hydrogen) atoms. The molecule has 1 amide bonds. The normalized spacial score (nSPS) is 37.6. The van der Waals surface area contributed by atoms with E-state index in [9.17, 15) is 4.79 Å². The number of nitrogens with one attached hydrogen (secondary N) is 1. The topological polar surface area (TPSA) is 58.6 Å². The Morgan fingerprint density at radius 1 is 1.19 bits per heavy atom. The highest BCUT2D eigenvalue weighted by Crippen LogP contribution is 2.64. The van der Waals surface area contributed by atoms with Crippen LogP contribution in [0.25, 0.3) is 0 Å². The summed E-state index contributed by atoms with van der Waals surface area (Å²) in [4.78, 5) is 12.0. The van der Waals surface area contributed by atoms with E-state index in [0.717, 1.165) is 17.8 Å². The summed E-state index contributed by atoms with van der Waals surface area (Å²) in [5.41, 5.74) is -0.206. The Hall–Kier alpha value is -0.770. The van der Waals surface area contributed by atoms with Gasteiger partial charge >= 0.3 is 6.09 Å². The molecule has 0 heterocycles. The molecule has 4 bridgehead atoms. The van der Waals surface area contributed by atoms with E-state index in [2.05, 4.69) is 19.2 Å². The summed E-state index contributed by atoms with van der Waals surface area (Å²) < 4.78 is 5.84. The van der Waals surface area contributed by atoms with Crippen LogP contribution in [0.1, 0.15) is 58.8 Å². The third kappa shape index (κ3) is 2.79. The van der Waals surface area contributed by atoms with Crippen LogP contribution in [0.4, 0.5) is 4.79 Å². The second-order valence-electron chi connectivity index (χ2n) is 8.10. The molecule has 0 aliphatic heterocycles. The van der Waals surface area contributed by atoms with Gasteiger partial charge in [0.15, 0.2) is 0 Å². The molecule has 2 N–H and O–H groups in total. The Labute approximate surface area is 127 Å². The van der Waals surface area contributed by atoms with Gasteiger partial charge in [0.1, 0.15) is 5.60 Å². The molecule has 4 aliphatic rings. The van der Waals surface area contributed by atoms with Crippen LogP contribution in [0.5, 0.6) is 0 Å². The van der Waals surface area contributed by atoms with Gasteiger partial charge in [-0.05, 0) is 76.5 Å². The Bertz CT molecular complexity index is 370. The highest BCUT2D eigenvalue weighted by atomic mass is 16.6. The zero-order chi connectivity index (χ0) is 15.1. The molecule has 4 fully saturated rings. The molecule has 0 saturated heterocycles. The highest BCUT2D eigenvalue weighted by molar-refractivity contribution is 5.67. The maximum absolute atomic E-state index is 12.0. The smallest absolute Gasteiger partial charge is 0.407 e. The van der Waals surface area contributed by atoms with Crippen LogP contribution in [0.2, 0.25) is 0 Å². The molecular formula is C17H29NO3. The average Bonchev–Trinajstić information content (AvgIpc) is 2.36. The molecule has 0 atom stereocenters. The molecule has 4 rings (SSSR count). The average molecular weight is 295 g/mol. The molecule has 4 saturated carbocycles. The molecule has 0 aromatic carbocycles. The van der Waals surface area contributed by atoms with Gasteiger partial charge in [-0.2, -0.15) is 0 Å². The zero-order valence-corrected chi connectivity index (χ0v) is 13.4. The van der Waals surface area contributed by atoms with Crippen molar-refractivity contribution in [3.05, 3.63) is 0 Å². The van der Waals surface area contributed by atoms with Gasteiger partial charge in [0.25, 0.3) is 0 Å². The molecule has 4 nitrogen and oxygen atoms in total. The molecule has 0 spiro atoms. The van der Waals surface area contributed by atoms with Crippen molar-refractivity contribution in [3.63, 3.8) is 0 Å². The summed E-state index contributed by atoms with van der Waals surface area (Å²) in [5, 5.41) is 11.5. The van der Waals surface area contributed by atoms with Gasteiger partial charge in [-0.25, -0.2) is 4.79 Å². The molecule has 4 heteroatoms.